The molecule has 1 aliphatic heterocycles. The van der Waals surface area contributed by atoms with Crippen LogP contribution in [-0.4, -0.2) is 25.0 Å². The predicted octanol–water partition coefficient (Wildman–Crippen LogP) is 0.291. The molecule has 0 aromatic heterocycles. The number of carbonyl (C=O) groups is 2. The highest BCUT2D eigenvalue weighted by Gasteiger charge is 2.25. The summed E-state index contributed by atoms with van der Waals surface area (Å²) in [6.45, 7) is -0.274. The van der Waals surface area contributed by atoms with Crippen LogP contribution in [0.25, 0.3) is 0 Å². The average Bonchev–Trinajstić information content (AvgIpc) is 1.97. The van der Waals surface area contributed by atoms with Crippen LogP contribution in [0.4, 0.5) is 0 Å². The van der Waals surface area contributed by atoms with Crippen molar-refractivity contribution < 1.29 is 19.1 Å². The number of hydrogen-bond donors (Lipinski definition) is 0. The Morgan fingerprint density at radius 1 is 1.36 bits per heavy atom. The number of cyclic esters (lactones) is 2. The molecule has 0 spiro atoms. The number of rotatable bonds is 1. The van der Waals surface area contributed by atoms with E-state index in [0.29, 0.717) is 0 Å². The first-order valence-corrected chi connectivity index (χ1v) is 4.11. The third kappa shape index (κ3) is 1.74. The van der Waals surface area contributed by atoms with Crippen LogP contribution in [0.2, 0.25) is 0 Å². The highest BCUT2D eigenvalue weighted by Crippen LogP contribution is 2.11. The van der Waals surface area contributed by atoms with Gasteiger partial charge in [0.2, 0.25) is 6.79 Å². The molecule has 1 fully saturated rings. The van der Waals surface area contributed by atoms with Crippen LogP contribution in [0, 0.1) is 0 Å². The van der Waals surface area contributed by atoms with Crippen molar-refractivity contribution in [2.75, 3.05) is 13.0 Å². The minimum absolute atomic E-state index is 0.0382. The molecule has 1 heterocycles. The normalized spacial score (nSPS) is 17.4. The topological polar surface area (TPSA) is 52.6 Å². The molecule has 0 bridgehead atoms. The maximum absolute atomic E-state index is 10.8. The Morgan fingerprint density at radius 3 is 2.36 bits per heavy atom. The molecule has 0 saturated carbocycles. The number of carbonyl (C=O) groups excluding carboxylic acids is 2. The summed E-state index contributed by atoms with van der Waals surface area (Å²) in [5.41, 5.74) is -0.0382. The summed E-state index contributed by atoms with van der Waals surface area (Å²) < 4.78 is 8.90. The van der Waals surface area contributed by atoms with E-state index in [4.69, 9.17) is 0 Å². The van der Waals surface area contributed by atoms with Gasteiger partial charge in [0.1, 0.15) is 0 Å². The second-order valence-electron chi connectivity index (χ2n) is 1.75. The molecule has 0 aliphatic carbocycles. The Labute approximate surface area is 67.5 Å². The van der Waals surface area contributed by atoms with Gasteiger partial charge in [0.25, 0.3) is 0 Å². The van der Waals surface area contributed by atoms with Crippen LogP contribution in [0.5, 0.6) is 0 Å². The Morgan fingerprint density at radius 2 is 1.91 bits per heavy atom. The largest absolute Gasteiger partial charge is 0.424 e. The highest BCUT2D eigenvalue weighted by atomic mass is 32.2. The molecular formula is C6H6O4S. The van der Waals surface area contributed by atoms with E-state index < -0.39 is 11.9 Å². The summed E-state index contributed by atoms with van der Waals surface area (Å²) in [7, 11) is 0. The SMILES string of the molecule is CSC=C1C(=O)OCOC1=O. The summed E-state index contributed by atoms with van der Waals surface area (Å²) in [6.07, 6.45) is 1.74. The van der Waals surface area contributed by atoms with E-state index >= 15 is 0 Å². The molecular weight excluding hydrogens is 168 g/mol. The van der Waals surface area contributed by atoms with Gasteiger partial charge in [-0.2, -0.15) is 0 Å². The van der Waals surface area contributed by atoms with Crippen LogP contribution in [0.1, 0.15) is 0 Å². The molecule has 0 N–H and O–H groups in total. The van der Waals surface area contributed by atoms with Gasteiger partial charge in [-0.05, 0) is 11.7 Å². The first-order chi connectivity index (χ1) is 5.25. The second-order valence-corrected chi connectivity index (χ2v) is 2.46. The van der Waals surface area contributed by atoms with E-state index in [1.54, 1.807) is 6.26 Å². The van der Waals surface area contributed by atoms with Crippen LogP contribution < -0.4 is 0 Å². The molecule has 0 unspecified atom stereocenters. The number of ether oxygens (including phenoxy) is 2. The van der Waals surface area contributed by atoms with Gasteiger partial charge < -0.3 is 9.47 Å². The van der Waals surface area contributed by atoms with Crippen LogP contribution in [0.3, 0.4) is 0 Å². The van der Waals surface area contributed by atoms with Crippen molar-refractivity contribution in [1.82, 2.24) is 0 Å². The van der Waals surface area contributed by atoms with E-state index in [0.717, 1.165) is 0 Å². The fourth-order valence-corrected chi connectivity index (χ4v) is 1.02. The van der Waals surface area contributed by atoms with Crippen molar-refractivity contribution in [3.63, 3.8) is 0 Å². The summed E-state index contributed by atoms with van der Waals surface area (Å²) in [4.78, 5) is 21.6. The summed E-state index contributed by atoms with van der Waals surface area (Å²) in [5.74, 6) is -1.23. The highest BCUT2D eigenvalue weighted by molar-refractivity contribution is 8.01. The lowest BCUT2D eigenvalue weighted by Crippen LogP contribution is -2.26. The molecule has 0 aromatic rings. The summed E-state index contributed by atoms with van der Waals surface area (Å²) in [5, 5.41) is 1.41. The van der Waals surface area contributed by atoms with Gasteiger partial charge in [-0.1, -0.05) is 0 Å². The molecule has 1 rings (SSSR count). The van der Waals surface area contributed by atoms with Crippen molar-refractivity contribution in [2.45, 2.75) is 0 Å². The standard InChI is InChI=1S/C6H6O4S/c1-11-2-4-5(7)9-3-10-6(4)8/h2H,3H2,1H3. The Bertz CT molecular complexity index is 203. The number of hydrogen-bond acceptors (Lipinski definition) is 5. The second kappa shape index (κ2) is 3.43. The number of esters is 2. The molecule has 60 valence electrons. The minimum Gasteiger partial charge on any atom is -0.424 e. The van der Waals surface area contributed by atoms with E-state index in [1.165, 1.54) is 17.2 Å². The van der Waals surface area contributed by atoms with E-state index in [9.17, 15) is 9.59 Å². The molecule has 0 atom stereocenters. The third-order valence-electron chi connectivity index (χ3n) is 1.06. The molecule has 1 saturated heterocycles. The van der Waals surface area contributed by atoms with Gasteiger partial charge in [0.05, 0.1) is 0 Å². The van der Waals surface area contributed by atoms with Crippen LogP contribution in [-0.2, 0) is 19.1 Å². The summed E-state index contributed by atoms with van der Waals surface area (Å²) in [6, 6.07) is 0. The third-order valence-corrected chi connectivity index (χ3v) is 1.53. The Balaban J connectivity index is 2.79. The monoisotopic (exact) mass is 174 g/mol. The Kier molecular flexibility index (Phi) is 2.53. The van der Waals surface area contributed by atoms with Gasteiger partial charge in [-0.25, -0.2) is 9.59 Å². The lowest BCUT2D eigenvalue weighted by Gasteiger charge is -2.12. The van der Waals surface area contributed by atoms with Crippen molar-refractivity contribution in [1.29, 1.82) is 0 Å². The molecule has 5 heteroatoms. The fraction of sp³-hybridized carbons (Fsp3) is 0.333. The van der Waals surface area contributed by atoms with E-state index in [-0.39, 0.29) is 12.4 Å². The zero-order valence-electron chi connectivity index (χ0n) is 5.83. The van der Waals surface area contributed by atoms with Crippen molar-refractivity contribution >= 4 is 23.7 Å². The van der Waals surface area contributed by atoms with E-state index in [2.05, 4.69) is 9.47 Å². The Hall–Kier alpha value is -0.970. The first-order valence-electron chi connectivity index (χ1n) is 2.83. The molecule has 0 radical (unpaired) electrons. The van der Waals surface area contributed by atoms with Gasteiger partial charge >= 0.3 is 11.9 Å². The molecule has 11 heavy (non-hydrogen) atoms. The van der Waals surface area contributed by atoms with Crippen LogP contribution >= 0.6 is 11.8 Å². The van der Waals surface area contributed by atoms with Gasteiger partial charge in [0.15, 0.2) is 5.57 Å². The van der Waals surface area contributed by atoms with Gasteiger partial charge in [-0.3, -0.25) is 0 Å². The molecule has 4 nitrogen and oxygen atoms in total. The fourth-order valence-electron chi connectivity index (χ4n) is 0.589. The maximum Gasteiger partial charge on any atom is 0.348 e. The smallest absolute Gasteiger partial charge is 0.348 e. The van der Waals surface area contributed by atoms with Gasteiger partial charge in [-0.15, -0.1) is 11.8 Å². The number of thioether (sulfide) groups is 1. The molecule has 0 amide bonds. The lowest BCUT2D eigenvalue weighted by atomic mass is 10.3. The van der Waals surface area contributed by atoms with Crippen molar-refractivity contribution in [2.24, 2.45) is 0 Å². The van der Waals surface area contributed by atoms with Crippen molar-refractivity contribution in [3.8, 4) is 0 Å². The molecule has 1 aliphatic rings. The quantitative estimate of drug-likeness (QED) is 0.325. The van der Waals surface area contributed by atoms with Gasteiger partial charge in [0, 0.05) is 0 Å². The zero-order valence-corrected chi connectivity index (χ0v) is 6.64. The maximum atomic E-state index is 10.8. The van der Waals surface area contributed by atoms with Crippen molar-refractivity contribution in [3.05, 3.63) is 11.0 Å². The summed E-state index contributed by atoms with van der Waals surface area (Å²) >= 11 is 1.25. The minimum atomic E-state index is -0.615. The van der Waals surface area contributed by atoms with Crippen LogP contribution in [0.15, 0.2) is 11.0 Å². The molecule has 0 aromatic carbocycles. The van der Waals surface area contributed by atoms with E-state index in [1.807, 2.05) is 0 Å². The first kappa shape index (κ1) is 8.13. The zero-order chi connectivity index (χ0) is 8.27. The predicted molar refractivity (Wildman–Crippen MR) is 38.6 cm³/mol. The average molecular weight is 174 g/mol. The lowest BCUT2D eigenvalue weighted by molar-refractivity contribution is -0.172.